The third kappa shape index (κ3) is 5.64. The zero-order valence-corrected chi connectivity index (χ0v) is 17.5. The van der Waals surface area contributed by atoms with Crippen LogP contribution in [-0.2, 0) is 16.9 Å². The number of carbonyl (C=O) groups excluding carboxylic acids is 2. The van der Waals surface area contributed by atoms with Crippen LogP contribution in [0.25, 0.3) is 0 Å². The Morgan fingerprint density at radius 1 is 1.13 bits per heavy atom. The van der Waals surface area contributed by atoms with Crippen LogP contribution in [0.2, 0.25) is 0 Å². The van der Waals surface area contributed by atoms with E-state index in [4.69, 9.17) is 9.47 Å². The average molecular weight is 421 g/mol. The van der Waals surface area contributed by atoms with Crippen molar-refractivity contribution in [3.8, 4) is 11.6 Å². The Labute approximate surface area is 179 Å². The molecule has 0 atom stereocenters. The van der Waals surface area contributed by atoms with E-state index in [1.54, 1.807) is 32.0 Å². The van der Waals surface area contributed by atoms with Gasteiger partial charge in [-0.2, -0.15) is 0 Å². The zero-order chi connectivity index (χ0) is 22.4. The number of esters is 1. The number of hydrogen-bond acceptors (Lipinski definition) is 7. The van der Waals surface area contributed by atoms with Crippen molar-refractivity contribution in [3.63, 3.8) is 0 Å². The molecule has 2 aromatic carbocycles. The van der Waals surface area contributed by atoms with Crippen LogP contribution in [0.1, 0.15) is 45.7 Å². The van der Waals surface area contributed by atoms with E-state index in [-0.39, 0.29) is 18.0 Å². The fourth-order valence-electron chi connectivity index (χ4n) is 2.78. The van der Waals surface area contributed by atoms with E-state index in [1.807, 2.05) is 24.3 Å². The molecule has 1 aromatic heterocycles. The van der Waals surface area contributed by atoms with Gasteiger partial charge < -0.3 is 19.9 Å². The van der Waals surface area contributed by atoms with Crippen LogP contribution in [0.4, 0.5) is 0 Å². The summed E-state index contributed by atoms with van der Waals surface area (Å²) < 4.78 is 10.4. The topological polar surface area (TPSA) is 111 Å². The van der Waals surface area contributed by atoms with Gasteiger partial charge in [0.15, 0.2) is 0 Å². The van der Waals surface area contributed by atoms with Gasteiger partial charge in [-0.3, -0.25) is 4.79 Å². The summed E-state index contributed by atoms with van der Waals surface area (Å²) >= 11 is 0. The van der Waals surface area contributed by atoms with E-state index in [0.29, 0.717) is 11.3 Å². The Hall–Kier alpha value is -3.78. The highest BCUT2D eigenvalue weighted by atomic mass is 16.5. The van der Waals surface area contributed by atoms with E-state index in [9.17, 15) is 14.7 Å². The standard InChI is InChI=1S/C23H23N3O5/c1-23(2,29)17-9-7-15(8-10-17)12-25-20(27)19-13-24-14-26-21(19)31-18-6-4-5-16(11-18)22(28)30-3/h4-11,13-14,29H,12H2,1-3H3,(H,25,27). The second-order valence-corrected chi connectivity index (χ2v) is 7.30. The van der Waals surface area contributed by atoms with Gasteiger partial charge in [-0.25, -0.2) is 14.8 Å². The van der Waals surface area contributed by atoms with Crippen LogP contribution in [0, 0.1) is 0 Å². The lowest BCUT2D eigenvalue weighted by Crippen LogP contribution is -2.24. The van der Waals surface area contributed by atoms with Gasteiger partial charge >= 0.3 is 5.97 Å². The van der Waals surface area contributed by atoms with E-state index >= 15 is 0 Å². The van der Waals surface area contributed by atoms with Crippen molar-refractivity contribution in [2.45, 2.75) is 26.0 Å². The molecule has 3 rings (SSSR count). The van der Waals surface area contributed by atoms with Crippen LogP contribution in [-0.4, -0.2) is 34.1 Å². The predicted molar refractivity (Wildman–Crippen MR) is 113 cm³/mol. The molecule has 0 fully saturated rings. The summed E-state index contributed by atoms with van der Waals surface area (Å²) in [5.74, 6) is -0.516. The van der Waals surface area contributed by atoms with Crippen LogP contribution in [0.3, 0.4) is 0 Å². The summed E-state index contributed by atoms with van der Waals surface area (Å²) in [5, 5.41) is 12.8. The molecule has 31 heavy (non-hydrogen) atoms. The third-order valence-electron chi connectivity index (χ3n) is 4.50. The number of aromatic nitrogens is 2. The van der Waals surface area contributed by atoms with Gasteiger partial charge in [0.25, 0.3) is 5.91 Å². The minimum atomic E-state index is -0.930. The van der Waals surface area contributed by atoms with Gasteiger partial charge in [-0.15, -0.1) is 0 Å². The van der Waals surface area contributed by atoms with E-state index in [0.717, 1.165) is 11.1 Å². The Balaban J connectivity index is 1.71. The number of ether oxygens (including phenoxy) is 2. The highest BCUT2D eigenvalue weighted by Crippen LogP contribution is 2.24. The lowest BCUT2D eigenvalue weighted by molar-refractivity contribution is 0.0600. The highest BCUT2D eigenvalue weighted by Gasteiger charge is 2.17. The summed E-state index contributed by atoms with van der Waals surface area (Å²) in [6.07, 6.45) is 2.63. The van der Waals surface area contributed by atoms with Crippen molar-refractivity contribution < 1.29 is 24.2 Å². The minimum Gasteiger partial charge on any atom is -0.465 e. The second-order valence-electron chi connectivity index (χ2n) is 7.30. The molecule has 1 amide bonds. The Bertz CT molecular complexity index is 1080. The molecule has 0 saturated carbocycles. The van der Waals surface area contributed by atoms with Gasteiger partial charge in [-0.1, -0.05) is 30.3 Å². The number of benzene rings is 2. The minimum absolute atomic E-state index is 0.0619. The molecule has 3 aromatic rings. The fraction of sp³-hybridized carbons (Fsp3) is 0.217. The summed E-state index contributed by atoms with van der Waals surface area (Å²) in [4.78, 5) is 32.4. The lowest BCUT2D eigenvalue weighted by Gasteiger charge is -2.18. The van der Waals surface area contributed by atoms with Crippen LogP contribution < -0.4 is 10.1 Å². The van der Waals surface area contributed by atoms with E-state index in [1.165, 1.54) is 25.7 Å². The molecule has 8 heteroatoms. The Kier molecular flexibility index (Phi) is 6.61. The molecule has 160 valence electrons. The van der Waals surface area contributed by atoms with E-state index < -0.39 is 17.5 Å². The van der Waals surface area contributed by atoms with Gasteiger partial charge in [0, 0.05) is 12.7 Å². The number of rotatable bonds is 7. The average Bonchev–Trinajstić information content (AvgIpc) is 2.77. The van der Waals surface area contributed by atoms with Crippen molar-refractivity contribution in [2.24, 2.45) is 0 Å². The molecule has 0 radical (unpaired) electrons. The monoisotopic (exact) mass is 421 g/mol. The number of carbonyl (C=O) groups is 2. The van der Waals surface area contributed by atoms with Crippen molar-refractivity contribution >= 4 is 11.9 Å². The van der Waals surface area contributed by atoms with Crippen molar-refractivity contribution in [3.05, 3.63) is 83.3 Å². The summed E-state index contributed by atoms with van der Waals surface area (Å²) in [5.41, 5.74) is 1.18. The summed E-state index contributed by atoms with van der Waals surface area (Å²) in [6.45, 7) is 3.69. The Morgan fingerprint density at radius 2 is 1.87 bits per heavy atom. The molecule has 0 aliphatic heterocycles. The summed E-state index contributed by atoms with van der Waals surface area (Å²) in [6, 6.07) is 13.7. The molecule has 0 unspecified atom stereocenters. The lowest BCUT2D eigenvalue weighted by atomic mass is 9.97. The van der Waals surface area contributed by atoms with Crippen LogP contribution >= 0.6 is 0 Å². The smallest absolute Gasteiger partial charge is 0.337 e. The second kappa shape index (κ2) is 9.36. The summed E-state index contributed by atoms with van der Waals surface area (Å²) in [7, 11) is 1.29. The van der Waals surface area contributed by atoms with Crippen molar-refractivity contribution in [1.29, 1.82) is 0 Å². The number of amides is 1. The largest absolute Gasteiger partial charge is 0.465 e. The number of nitrogens with zero attached hydrogens (tertiary/aromatic N) is 2. The first-order valence-electron chi connectivity index (χ1n) is 9.54. The first-order valence-corrected chi connectivity index (χ1v) is 9.54. The molecule has 1 heterocycles. The van der Waals surface area contributed by atoms with Gasteiger partial charge in [0.1, 0.15) is 17.6 Å². The molecule has 0 aliphatic carbocycles. The zero-order valence-electron chi connectivity index (χ0n) is 17.5. The molecule has 0 bridgehead atoms. The molecule has 0 saturated heterocycles. The number of methoxy groups -OCH3 is 1. The number of aliphatic hydroxyl groups is 1. The Morgan fingerprint density at radius 3 is 2.55 bits per heavy atom. The highest BCUT2D eigenvalue weighted by molar-refractivity contribution is 5.96. The van der Waals surface area contributed by atoms with E-state index in [2.05, 4.69) is 15.3 Å². The molecule has 2 N–H and O–H groups in total. The number of nitrogens with one attached hydrogen (secondary N) is 1. The first kappa shape index (κ1) is 21.9. The molecule has 0 spiro atoms. The van der Waals surface area contributed by atoms with Crippen molar-refractivity contribution in [2.75, 3.05) is 7.11 Å². The maximum absolute atomic E-state index is 12.7. The van der Waals surface area contributed by atoms with Crippen LogP contribution in [0.5, 0.6) is 11.6 Å². The SMILES string of the molecule is COC(=O)c1cccc(Oc2ncncc2C(=O)NCc2ccc(C(C)(C)O)cc2)c1. The van der Waals surface area contributed by atoms with Crippen LogP contribution in [0.15, 0.2) is 61.1 Å². The fourth-order valence-corrected chi connectivity index (χ4v) is 2.78. The van der Waals surface area contributed by atoms with Gasteiger partial charge in [0.2, 0.25) is 5.88 Å². The maximum atomic E-state index is 12.7. The molecule has 0 aliphatic rings. The molecular weight excluding hydrogens is 398 g/mol. The van der Waals surface area contributed by atoms with Gasteiger partial charge in [-0.05, 0) is 43.2 Å². The third-order valence-corrected chi connectivity index (χ3v) is 4.50. The normalized spacial score (nSPS) is 11.0. The number of hydrogen-bond donors (Lipinski definition) is 2. The maximum Gasteiger partial charge on any atom is 0.337 e. The molecular formula is C23H23N3O5. The van der Waals surface area contributed by atoms with Gasteiger partial charge in [0.05, 0.1) is 18.3 Å². The first-order chi connectivity index (χ1) is 14.8. The molecule has 8 nitrogen and oxygen atoms in total. The predicted octanol–water partition coefficient (Wildman–Crippen LogP) is 3.21. The quantitative estimate of drug-likeness (QED) is 0.564. The van der Waals surface area contributed by atoms with Crippen molar-refractivity contribution in [1.82, 2.24) is 15.3 Å².